The highest BCUT2D eigenvalue weighted by Crippen LogP contribution is 2.34. The summed E-state index contributed by atoms with van der Waals surface area (Å²) in [6, 6.07) is 9.79. The van der Waals surface area contributed by atoms with Crippen LogP contribution in [0.2, 0.25) is 0 Å². The van der Waals surface area contributed by atoms with Crippen molar-refractivity contribution < 1.29 is 4.74 Å². The molecule has 2 atom stereocenters. The van der Waals surface area contributed by atoms with Crippen LogP contribution in [0, 0.1) is 0 Å². The second-order valence-corrected chi connectivity index (χ2v) is 5.59. The van der Waals surface area contributed by atoms with Gasteiger partial charge in [-0.05, 0) is 32.5 Å². The van der Waals surface area contributed by atoms with Gasteiger partial charge in [-0.3, -0.25) is 4.90 Å². The average Bonchev–Trinajstić information content (AvgIpc) is 2.49. The first-order chi connectivity index (χ1) is 9.72. The molecule has 1 aliphatic heterocycles. The number of likely N-dealkylation sites (N-methyl/N-ethyl adjacent to an activating group) is 2. The minimum absolute atomic E-state index is 0.357. The van der Waals surface area contributed by atoms with Crippen LogP contribution in [0.25, 0.3) is 0 Å². The van der Waals surface area contributed by atoms with Gasteiger partial charge in [0.05, 0.1) is 12.1 Å². The molecule has 0 radical (unpaired) electrons. The van der Waals surface area contributed by atoms with Crippen molar-refractivity contribution in [3.63, 3.8) is 0 Å². The quantitative estimate of drug-likeness (QED) is 0.863. The third-order valence-corrected chi connectivity index (χ3v) is 4.51. The summed E-state index contributed by atoms with van der Waals surface area (Å²) in [6.07, 6.45) is 2.37. The highest BCUT2D eigenvalue weighted by atomic mass is 16.5. The van der Waals surface area contributed by atoms with E-state index in [0.717, 1.165) is 18.9 Å². The molecule has 1 aliphatic rings. The Labute approximate surface area is 123 Å². The van der Waals surface area contributed by atoms with Gasteiger partial charge in [0.2, 0.25) is 0 Å². The second-order valence-electron chi connectivity index (χ2n) is 5.59. The number of hydrogen-bond donors (Lipinski definition) is 1. The van der Waals surface area contributed by atoms with Crippen LogP contribution in [0.15, 0.2) is 24.3 Å². The van der Waals surface area contributed by atoms with E-state index in [1.165, 1.54) is 18.4 Å². The summed E-state index contributed by atoms with van der Waals surface area (Å²) in [5, 5.41) is 3.65. The Hall–Kier alpha value is -1.06. The van der Waals surface area contributed by atoms with Gasteiger partial charge < -0.3 is 10.1 Å². The molecule has 0 saturated carbocycles. The normalized spacial score (nSPS) is 21.9. The lowest BCUT2D eigenvalue weighted by atomic mass is 9.93. The zero-order valence-corrected chi connectivity index (χ0v) is 13.2. The van der Waals surface area contributed by atoms with Crippen molar-refractivity contribution in [2.45, 2.75) is 51.7 Å². The van der Waals surface area contributed by atoms with E-state index in [1.807, 2.05) is 6.07 Å². The van der Waals surface area contributed by atoms with Gasteiger partial charge in [0.15, 0.2) is 0 Å². The lowest BCUT2D eigenvalue weighted by Crippen LogP contribution is -2.52. The second kappa shape index (κ2) is 7.09. The molecule has 1 N–H and O–H groups in total. The van der Waals surface area contributed by atoms with Gasteiger partial charge in [0.1, 0.15) is 12.4 Å². The number of nitrogens with zero attached hydrogens (tertiary/aromatic N) is 1. The van der Waals surface area contributed by atoms with E-state index < -0.39 is 0 Å². The molecule has 112 valence electrons. The average molecular weight is 276 g/mol. The Morgan fingerprint density at radius 1 is 1.25 bits per heavy atom. The monoisotopic (exact) mass is 276 g/mol. The molecule has 2 unspecified atom stereocenters. The zero-order valence-electron chi connectivity index (χ0n) is 13.2. The van der Waals surface area contributed by atoms with Crippen molar-refractivity contribution in [3.05, 3.63) is 29.8 Å². The number of benzene rings is 1. The molecule has 20 heavy (non-hydrogen) atoms. The van der Waals surface area contributed by atoms with Gasteiger partial charge in [0.25, 0.3) is 0 Å². The van der Waals surface area contributed by atoms with Gasteiger partial charge in [-0.15, -0.1) is 0 Å². The standard InChI is InChI=1S/C17H28N2O/c1-5-13(6-2)19(4)15-12-20-16-11-9-8-10-14(16)17(15)18-7-3/h8-11,13,15,17-18H,5-7,12H2,1-4H3. The van der Waals surface area contributed by atoms with Crippen LogP contribution in [0.3, 0.4) is 0 Å². The summed E-state index contributed by atoms with van der Waals surface area (Å²) in [7, 11) is 2.24. The SMILES string of the molecule is CCNC1c2ccccc2OCC1N(C)C(CC)CC. The first-order valence-electron chi connectivity index (χ1n) is 7.89. The van der Waals surface area contributed by atoms with Crippen molar-refractivity contribution >= 4 is 0 Å². The van der Waals surface area contributed by atoms with E-state index in [4.69, 9.17) is 4.74 Å². The maximum absolute atomic E-state index is 5.99. The predicted molar refractivity (Wildman–Crippen MR) is 84.3 cm³/mol. The molecule has 2 rings (SSSR count). The van der Waals surface area contributed by atoms with E-state index >= 15 is 0 Å². The largest absolute Gasteiger partial charge is 0.492 e. The van der Waals surface area contributed by atoms with Crippen molar-refractivity contribution in [2.75, 3.05) is 20.2 Å². The van der Waals surface area contributed by atoms with Crippen molar-refractivity contribution in [1.29, 1.82) is 0 Å². The molecular formula is C17H28N2O. The Balaban J connectivity index is 2.25. The van der Waals surface area contributed by atoms with E-state index in [1.54, 1.807) is 0 Å². The minimum Gasteiger partial charge on any atom is -0.492 e. The highest BCUT2D eigenvalue weighted by Gasteiger charge is 2.34. The number of rotatable bonds is 6. The molecule has 0 aliphatic carbocycles. The lowest BCUT2D eigenvalue weighted by Gasteiger charge is -2.42. The summed E-state index contributed by atoms with van der Waals surface area (Å²) < 4.78 is 5.99. The summed E-state index contributed by atoms with van der Waals surface area (Å²) in [5.41, 5.74) is 1.29. The molecular weight excluding hydrogens is 248 g/mol. The van der Waals surface area contributed by atoms with Gasteiger partial charge in [-0.1, -0.05) is 39.0 Å². The Morgan fingerprint density at radius 3 is 2.60 bits per heavy atom. The molecule has 1 heterocycles. The summed E-state index contributed by atoms with van der Waals surface area (Å²) in [5.74, 6) is 1.03. The van der Waals surface area contributed by atoms with E-state index in [-0.39, 0.29) is 0 Å². The third-order valence-electron chi connectivity index (χ3n) is 4.51. The van der Waals surface area contributed by atoms with Crippen LogP contribution < -0.4 is 10.1 Å². The highest BCUT2D eigenvalue weighted by molar-refractivity contribution is 5.38. The number of fused-ring (bicyclic) bond motifs is 1. The van der Waals surface area contributed by atoms with Crippen molar-refractivity contribution in [3.8, 4) is 5.75 Å². The molecule has 0 saturated heterocycles. The fourth-order valence-corrected chi connectivity index (χ4v) is 3.30. The van der Waals surface area contributed by atoms with Gasteiger partial charge in [-0.2, -0.15) is 0 Å². The van der Waals surface area contributed by atoms with Crippen LogP contribution >= 0.6 is 0 Å². The smallest absolute Gasteiger partial charge is 0.124 e. The molecule has 0 bridgehead atoms. The topological polar surface area (TPSA) is 24.5 Å². The summed E-state index contributed by atoms with van der Waals surface area (Å²) in [4.78, 5) is 2.50. The zero-order chi connectivity index (χ0) is 14.5. The fraction of sp³-hybridized carbons (Fsp3) is 0.647. The van der Waals surface area contributed by atoms with Gasteiger partial charge in [-0.25, -0.2) is 0 Å². The van der Waals surface area contributed by atoms with Crippen LogP contribution in [0.4, 0.5) is 0 Å². The molecule has 0 spiro atoms. The fourth-order valence-electron chi connectivity index (χ4n) is 3.30. The molecule has 1 aromatic carbocycles. The Kier molecular flexibility index (Phi) is 5.44. The van der Waals surface area contributed by atoms with E-state index in [0.29, 0.717) is 18.1 Å². The minimum atomic E-state index is 0.357. The Morgan fingerprint density at radius 2 is 1.95 bits per heavy atom. The Bertz CT molecular complexity index is 417. The first kappa shape index (κ1) is 15.3. The van der Waals surface area contributed by atoms with Crippen LogP contribution in [0.1, 0.15) is 45.2 Å². The van der Waals surface area contributed by atoms with Crippen LogP contribution in [-0.4, -0.2) is 37.2 Å². The number of hydrogen-bond acceptors (Lipinski definition) is 3. The van der Waals surface area contributed by atoms with Crippen LogP contribution in [0.5, 0.6) is 5.75 Å². The van der Waals surface area contributed by atoms with Gasteiger partial charge >= 0.3 is 0 Å². The predicted octanol–water partition coefficient (Wildman–Crippen LogP) is 3.22. The molecule has 3 nitrogen and oxygen atoms in total. The molecule has 0 amide bonds. The van der Waals surface area contributed by atoms with Crippen molar-refractivity contribution in [1.82, 2.24) is 10.2 Å². The van der Waals surface area contributed by atoms with E-state index in [9.17, 15) is 0 Å². The van der Waals surface area contributed by atoms with E-state index in [2.05, 4.69) is 56.2 Å². The lowest BCUT2D eigenvalue weighted by molar-refractivity contribution is 0.0710. The molecule has 0 fully saturated rings. The molecule has 3 heteroatoms. The number of nitrogens with one attached hydrogen (secondary N) is 1. The van der Waals surface area contributed by atoms with Crippen molar-refractivity contribution in [2.24, 2.45) is 0 Å². The van der Waals surface area contributed by atoms with Crippen LogP contribution in [-0.2, 0) is 0 Å². The molecule has 0 aromatic heterocycles. The van der Waals surface area contributed by atoms with Gasteiger partial charge in [0, 0.05) is 11.6 Å². The maximum atomic E-state index is 5.99. The molecule has 1 aromatic rings. The summed E-state index contributed by atoms with van der Waals surface area (Å²) in [6.45, 7) is 8.45. The first-order valence-corrected chi connectivity index (χ1v) is 7.89. The third kappa shape index (κ3) is 2.99. The number of ether oxygens (including phenoxy) is 1. The number of para-hydroxylation sites is 1. The maximum Gasteiger partial charge on any atom is 0.124 e. The summed E-state index contributed by atoms with van der Waals surface area (Å²) >= 11 is 0.